The molecule has 1 aromatic heterocycles. The van der Waals surface area contributed by atoms with Crippen molar-refractivity contribution in [2.45, 2.75) is 6.92 Å². The smallest absolute Gasteiger partial charge is 0.292 e. The molecule has 0 spiro atoms. The lowest BCUT2D eigenvalue weighted by atomic mass is 10.2. The van der Waals surface area contributed by atoms with Crippen LogP contribution in [-0.2, 0) is 0 Å². The van der Waals surface area contributed by atoms with E-state index in [9.17, 15) is 4.79 Å². The fourth-order valence-corrected chi connectivity index (χ4v) is 2.58. The van der Waals surface area contributed by atoms with Crippen molar-refractivity contribution < 1.29 is 9.47 Å². The molecule has 0 aliphatic rings. The van der Waals surface area contributed by atoms with Gasteiger partial charge in [-0.15, -0.1) is 0 Å². The van der Waals surface area contributed by atoms with Crippen LogP contribution in [-0.4, -0.2) is 29.7 Å². The fourth-order valence-electron chi connectivity index (χ4n) is 2.41. The van der Waals surface area contributed by atoms with Gasteiger partial charge in [-0.25, -0.2) is 0 Å². The fraction of sp³-hybridized carbons (Fsp3) is 0.150. The van der Waals surface area contributed by atoms with Crippen molar-refractivity contribution in [3.8, 4) is 17.2 Å². The van der Waals surface area contributed by atoms with E-state index in [-0.39, 0.29) is 5.02 Å². The van der Waals surface area contributed by atoms with Gasteiger partial charge in [-0.05, 0) is 61.0 Å². The number of hydrogen-bond donors (Lipinski definition) is 1. The van der Waals surface area contributed by atoms with Gasteiger partial charge in [-0.1, -0.05) is 11.6 Å². The van der Waals surface area contributed by atoms with E-state index < -0.39 is 5.56 Å². The highest BCUT2D eigenvalue weighted by Crippen LogP contribution is 2.18. The van der Waals surface area contributed by atoms with Crippen molar-refractivity contribution in [1.82, 2.24) is 9.78 Å². The molecule has 0 unspecified atom stereocenters. The Kier molecular flexibility index (Phi) is 6.29. The number of halogens is 1. The van der Waals surface area contributed by atoms with Gasteiger partial charge in [-0.3, -0.25) is 10.2 Å². The molecule has 2 aromatic carbocycles. The van der Waals surface area contributed by atoms with Crippen molar-refractivity contribution >= 4 is 23.5 Å². The van der Waals surface area contributed by atoms with E-state index in [1.807, 2.05) is 31.2 Å². The Morgan fingerprint density at radius 1 is 1.14 bits per heavy atom. The molecular weight excluding hydrogens is 380 g/mol. The van der Waals surface area contributed by atoms with Crippen LogP contribution in [0.3, 0.4) is 0 Å². The van der Waals surface area contributed by atoms with Crippen molar-refractivity contribution in [3.63, 3.8) is 0 Å². The number of aromatic nitrogens is 2. The monoisotopic (exact) mass is 398 g/mol. The molecule has 0 bridgehead atoms. The summed E-state index contributed by atoms with van der Waals surface area (Å²) in [5, 5.41) is 8.25. The zero-order chi connectivity index (χ0) is 19.9. The third kappa shape index (κ3) is 4.50. The Bertz CT molecular complexity index is 1020. The number of anilines is 1. The van der Waals surface area contributed by atoms with Crippen LogP contribution in [0.5, 0.6) is 11.5 Å². The molecule has 28 heavy (non-hydrogen) atoms. The molecule has 3 rings (SSSR count). The lowest BCUT2D eigenvalue weighted by molar-refractivity contribution is 0.340. The number of benzene rings is 2. The summed E-state index contributed by atoms with van der Waals surface area (Å²) in [6.45, 7) is 2.54. The van der Waals surface area contributed by atoms with Crippen LogP contribution in [0.4, 0.5) is 5.69 Å². The molecule has 0 saturated heterocycles. The van der Waals surface area contributed by atoms with Crippen molar-refractivity contribution in [3.05, 3.63) is 75.7 Å². The maximum absolute atomic E-state index is 12.5. The lowest BCUT2D eigenvalue weighted by Crippen LogP contribution is -2.22. The van der Waals surface area contributed by atoms with Crippen molar-refractivity contribution in [2.24, 2.45) is 5.10 Å². The quantitative estimate of drug-likeness (QED) is 0.484. The average molecular weight is 399 g/mol. The van der Waals surface area contributed by atoms with Crippen LogP contribution < -0.4 is 20.5 Å². The van der Waals surface area contributed by atoms with Crippen LogP contribution in [0.2, 0.25) is 5.02 Å². The highest BCUT2D eigenvalue weighted by atomic mass is 35.5. The Balaban J connectivity index is 1.74. The van der Waals surface area contributed by atoms with Gasteiger partial charge in [0.1, 0.15) is 22.2 Å². The summed E-state index contributed by atoms with van der Waals surface area (Å²) in [6.07, 6.45) is 3.06. The maximum Gasteiger partial charge on any atom is 0.292 e. The van der Waals surface area contributed by atoms with Crippen molar-refractivity contribution in [1.29, 1.82) is 0 Å². The van der Waals surface area contributed by atoms with Crippen LogP contribution in [0, 0.1) is 0 Å². The summed E-state index contributed by atoms with van der Waals surface area (Å²) in [5.41, 5.74) is 4.06. The number of hydrazone groups is 1. The first-order valence-corrected chi connectivity index (χ1v) is 8.94. The first-order valence-electron chi connectivity index (χ1n) is 8.56. The van der Waals surface area contributed by atoms with Crippen LogP contribution in [0.15, 0.2) is 64.6 Å². The Morgan fingerprint density at radius 3 is 2.46 bits per heavy atom. The van der Waals surface area contributed by atoms with Gasteiger partial charge in [0.2, 0.25) is 0 Å². The number of hydrogen-bond acceptors (Lipinski definition) is 6. The molecule has 0 atom stereocenters. The molecule has 8 heteroatoms. The van der Waals surface area contributed by atoms with Crippen molar-refractivity contribution in [2.75, 3.05) is 19.1 Å². The number of methoxy groups -OCH3 is 1. The summed E-state index contributed by atoms with van der Waals surface area (Å²) in [6, 6.07) is 14.4. The first-order chi connectivity index (χ1) is 13.6. The molecular formula is C20H19ClN4O3. The highest BCUT2D eigenvalue weighted by Gasteiger charge is 2.10. The summed E-state index contributed by atoms with van der Waals surface area (Å²) in [7, 11) is 1.57. The molecule has 0 amide bonds. The molecule has 0 saturated carbocycles. The van der Waals surface area contributed by atoms with Gasteiger partial charge < -0.3 is 9.47 Å². The van der Waals surface area contributed by atoms with E-state index in [4.69, 9.17) is 21.1 Å². The predicted octanol–water partition coefficient (Wildman–Crippen LogP) is 3.74. The zero-order valence-corrected chi connectivity index (χ0v) is 16.2. The van der Waals surface area contributed by atoms with Crippen LogP contribution >= 0.6 is 11.6 Å². The average Bonchev–Trinajstić information content (AvgIpc) is 2.73. The third-order valence-electron chi connectivity index (χ3n) is 3.83. The molecule has 1 N–H and O–H groups in total. The van der Waals surface area contributed by atoms with Gasteiger partial charge in [0.05, 0.1) is 31.8 Å². The summed E-state index contributed by atoms with van der Waals surface area (Å²) in [5.74, 6) is 1.48. The van der Waals surface area contributed by atoms with E-state index in [0.29, 0.717) is 23.7 Å². The largest absolute Gasteiger partial charge is 0.497 e. The Hall–Kier alpha value is -3.32. The SMILES string of the molecule is CCOc1ccc(/C=N\Nc2cnn(-c3ccc(OC)cc3)c(=O)c2Cl)cc1. The maximum atomic E-state index is 12.5. The minimum atomic E-state index is -0.451. The third-order valence-corrected chi connectivity index (χ3v) is 4.19. The second-order valence-corrected chi connectivity index (χ2v) is 6.04. The number of rotatable bonds is 7. The highest BCUT2D eigenvalue weighted by molar-refractivity contribution is 6.32. The molecule has 3 aromatic rings. The zero-order valence-electron chi connectivity index (χ0n) is 15.4. The van der Waals surface area contributed by atoms with Gasteiger partial charge in [0.15, 0.2) is 0 Å². The van der Waals surface area contributed by atoms with E-state index >= 15 is 0 Å². The van der Waals surface area contributed by atoms with E-state index in [1.165, 1.54) is 10.9 Å². The second-order valence-electron chi connectivity index (χ2n) is 5.66. The molecule has 0 fully saturated rings. The molecule has 0 aliphatic carbocycles. The summed E-state index contributed by atoms with van der Waals surface area (Å²) < 4.78 is 11.7. The lowest BCUT2D eigenvalue weighted by Gasteiger charge is -2.08. The van der Waals surface area contributed by atoms with Crippen LogP contribution in [0.1, 0.15) is 12.5 Å². The minimum absolute atomic E-state index is 0.00494. The molecule has 144 valence electrons. The molecule has 0 radical (unpaired) electrons. The van der Waals surface area contributed by atoms with E-state index in [2.05, 4.69) is 15.6 Å². The first kappa shape index (κ1) is 19.4. The minimum Gasteiger partial charge on any atom is -0.497 e. The molecule has 7 nitrogen and oxygen atoms in total. The van der Waals surface area contributed by atoms with E-state index in [0.717, 1.165) is 11.3 Å². The standard InChI is InChI=1S/C20H19ClN4O3/c1-3-28-17-8-4-14(5-9-17)12-22-24-18-13-23-25(20(26)19(18)21)15-6-10-16(27-2)11-7-15/h4-13,24H,3H2,1-2H3/b22-12-. The Morgan fingerprint density at radius 2 is 1.82 bits per heavy atom. The Labute approximate surface area is 167 Å². The van der Waals surface area contributed by atoms with Crippen LogP contribution in [0.25, 0.3) is 5.69 Å². The van der Waals surface area contributed by atoms with Gasteiger partial charge in [-0.2, -0.15) is 14.9 Å². The number of nitrogens with zero attached hydrogens (tertiary/aromatic N) is 3. The number of nitrogens with one attached hydrogen (secondary N) is 1. The van der Waals surface area contributed by atoms with Gasteiger partial charge in [0.25, 0.3) is 5.56 Å². The van der Waals surface area contributed by atoms with Gasteiger partial charge in [0, 0.05) is 0 Å². The van der Waals surface area contributed by atoms with Gasteiger partial charge >= 0.3 is 0 Å². The van der Waals surface area contributed by atoms with E-state index in [1.54, 1.807) is 37.6 Å². The summed E-state index contributed by atoms with van der Waals surface area (Å²) >= 11 is 6.19. The molecule has 0 aliphatic heterocycles. The normalized spacial score (nSPS) is 10.8. The second kappa shape index (κ2) is 9.05. The number of ether oxygens (including phenoxy) is 2. The predicted molar refractivity (Wildman–Crippen MR) is 110 cm³/mol. The molecule has 1 heterocycles. The summed E-state index contributed by atoms with van der Waals surface area (Å²) in [4.78, 5) is 12.5. The topological polar surface area (TPSA) is 77.7 Å².